The number of esters is 1. The molecular weight excluding hydrogens is 428 g/mol. The van der Waals surface area contributed by atoms with E-state index >= 15 is 0 Å². The van der Waals surface area contributed by atoms with Crippen LogP contribution in [0.25, 0.3) is 21.2 Å². The quantitative estimate of drug-likeness (QED) is 0.379. The number of fused-ring (bicyclic) bond motifs is 2. The third kappa shape index (κ3) is 4.31. The second kappa shape index (κ2) is 9.40. The van der Waals surface area contributed by atoms with Crippen LogP contribution in [0.1, 0.15) is 35.9 Å². The van der Waals surface area contributed by atoms with Gasteiger partial charge in [-0.15, -0.1) is 0 Å². The van der Waals surface area contributed by atoms with Crippen molar-refractivity contribution in [1.29, 1.82) is 0 Å². The highest BCUT2D eigenvalue weighted by molar-refractivity contribution is 7.16. The molecule has 4 rings (SSSR count). The molecule has 0 saturated carbocycles. The van der Waals surface area contributed by atoms with Crippen molar-refractivity contribution in [3.05, 3.63) is 58.6 Å². The fourth-order valence-corrected chi connectivity index (χ4v) is 4.62. The first-order valence-electron chi connectivity index (χ1n) is 10.4. The lowest BCUT2D eigenvalue weighted by molar-refractivity contribution is -0.141. The number of para-hydroxylation sites is 1. The lowest BCUT2D eigenvalue weighted by atomic mass is 10.1. The van der Waals surface area contributed by atoms with E-state index in [1.54, 1.807) is 23.8 Å². The lowest BCUT2D eigenvalue weighted by Gasteiger charge is -2.04. The maximum Gasteiger partial charge on any atom is 0.325 e. The molecule has 4 aromatic rings. The van der Waals surface area contributed by atoms with Gasteiger partial charge in [0.15, 0.2) is 21.9 Å². The summed E-state index contributed by atoms with van der Waals surface area (Å²) >= 11 is 1.36. The standard InChI is InChI=1S/C24H24N2O5S/c1-4-5-7-15-10-11-17-20(12-15)32-24(26(17)14-21(27)30-3)25-23(28)19-13-16-8-6-9-18(29-2)22(16)31-19/h6,8-13H,4-5,7,14H2,1-3H3. The number of furan rings is 1. The van der Waals surface area contributed by atoms with Gasteiger partial charge in [-0.25, -0.2) is 0 Å². The summed E-state index contributed by atoms with van der Waals surface area (Å²) in [6, 6.07) is 13.2. The number of methoxy groups -OCH3 is 2. The molecule has 0 unspecified atom stereocenters. The van der Waals surface area contributed by atoms with Crippen molar-refractivity contribution in [3.63, 3.8) is 0 Å². The monoisotopic (exact) mass is 452 g/mol. The predicted molar refractivity (Wildman–Crippen MR) is 123 cm³/mol. The fraction of sp³-hybridized carbons (Fsp3) is 0.292. The summed E-state index contributed by atoms with van der Waals surface area (Å²) in [4.78, 5) is 29.7. The molecule has 0 fully saturated rings. The highest BCUT2D eigenvalue weighted by Gasteiger charge is 2.17. The number of benzene rings is 2. The smallest absolute Gasteiger partial charge is 0.325 e. The SMILES string of the molecule is CCCCc1ccc2c(c1)sc(=NC(=O)c1cc3cccc(OC)c3o1)n2CC(=O)OC. The highest BCUT2D eigenvalue weighted by atomic mass is 32.1. The molecule has 0 atom stereocenters. The van der Waals surface area contributed by atoms with Crippen molar-refractivity contribution in [3.8, 4) is 5.75 Å². The van der Waals surface area contributed by atoms with Crippen LogP contribution >= 0.6 is 11.3 Å². The third-order valence-corrected chi connectivity index (χ3v) is 6.26. The van der Waals surface area contributed by atoms with Crippen LogP contribution in [0.2, 0.25) is 0 Å². The summed E-state index contributed by atoms with van der Waals surface area (Å²) in [6.45, 7) is 2.12. The van der Waals surface area contributed by atoms with Gasteiger partial charge in [0.25, 0.3) is 0 Å². The van der Waals surface area contributed by atoms with E-state index in [-0.39, 0.29) is 12.3 Å². The van der Waals surface area contributed by atoms with E-state index in [0.717, 1.165) is 34.9 Å². The molecule has 0 aliphatic carbocycles. The van der Waals surface area contributed by atoms with E-state index in [0.29, 0.717) is 16.1 Å². The molecule has 0 aliphatic rings. The zero-order chi connectivity index (χ0) is 22.7. The number of hydrogen-bond acceptors (Lipinski definition) is 6. The van der Waals surface area contributed by atoms with Crippen molar-refractivity contribution < 1.29 is 23.5 Å². The molecule has 8 heteroatoms. The maximum atomic E-state index is 13.0. The number of rotatable bonds is 7. The van der Waals surface area contributed by atoms with Gasteiger partial charge >= 0.3 is 11.9 Å². The summed E-state index contributed by atoms with van der Waals surface area (Å²) in [6.07, 6.45) is 3.19. The van der Waals surface area contributed by atoms with Crippen molar-refractivity contribution in [1.82, 2.24) is 4.57 Å². The number of ether oxygens (including phenoxy) is 2. The van der Waals surface area contributed by atoms with Gasteiger partial charge in [-0.1, -0.05) is 42.9 Å². The van der Waals surface area contributed by atoms with Crippen LogP contribution in [0.5, 0.6) is 5.75 Å². The van der Waals surface area contributed by atoms with Crippen molar-refractivity contribution in [2.24, 2.45) is 4.99 Å². The number of amides is 1. The first kappa shape index (κ1) is 21.8. The first-order valence-corrected chi connectivity index (χ1v) is 11.2. The number of thiazole rings is 1. The van der Waals surface area contributed by atoms with E-state index in [2.05, 4.69) is 24.0 Å². The van der Waals surface area contributed by atoms with Crippen molar-refractivity contribution in [2.45, 2.75) is 32.7 Å². The topological polar surface area (TPSA) is 83.0 Å². The molecule has 0 N–H and O–H groups in total. The molecule has 32 heavy (non-hydrogen) atoms. The maximum absolute atomic E-state index is 13.0. The molecule has 0 spiro atoms. The van der Waals surface area contributed by atoms with Gasteiger partial charge in [0.2, 0.25) is 0 Å². The largest absolute Gasteiger partial charge is 0.493 e. The number of aromatic nitrogens is 1. The van der Waals surface area contributed by atoms with Crippen LogP contribution < -0.4 is 9.54 Å². The van der Waals surface area contributed by atoms with Gasteiger partial charge in [-0.05, 0) is 42.7 Å². The summed E-state index contributed by atoms with van der Waals surface area (Å²) in [5, 5.41) is 0.752. The molecule has 0 radical (unpaired) electrons. The number of carbonyl (C=O) groups is 2. The summed E-state index contributed by atoms with van der Waals surface area (Å²) in [5.41, 5.74) is 2.54. The zero-order valence-corrected chi connectivity index (χ0v) is 19.0. The van der Waals surface area contributed by atoms with Crippen molar-refractivity contribution in [2.75, 3.05) is 14.2 Å². The molecule has 2 aromatic carbocycles. The Morgan fingerprint density at radius 2 is 2.00 bits per heavy atom. The number of nitrogens with zero attached hydrogens (tertiary/aromatic N) is 2. The Labute approximate surface area is 188 Å². The van der Waals surface area contributed by atoms with Crippen LogP contribution in [0, 0.1) is 0 Å². The lowest BCUT2D eigenvalue weighted by Crippen LogP contribution is -2.22. The van der Waals surface area contributed by atoms with Crippen LogP contribution in [0.15, 0.2) is 51.9 Å². The first-order chi connectivity index (χ1) is 15.5. The summed E-state index contributed by atoms with van der Waals surface area (Å²) in [7, 11) is 2.88. The fourth-order valence-electron chi connectivity index (χ4n) is 3.53. The predicted octanol–water partition coefficient (Wildman–Crippen LogP) is 4.71. The third-order valence-electron chi connectivity index (χ3n) is 5.22. The second-order valence-electron chi connectivity index (χ2n) is 7.36. The van der Waals surface area contributed by atoms with Gasteiger partial charge < -0.3 is 18.5 Å². The Hall–Kier alpha value is -3.39. The Morgan fingerprint density at radius 3 is 2.75 bits per heavy atom. The van der Waals surface area contributed by atoms with Crippen LogP contribution in [-0.4, -0.2) is 30.7 Å². The van der Waals surface area contributed by atoms with Gasteiger partial charge in [-0.3, -0.25) is 9.59 Å². The number of unbranched alkanes of at least 4 members (excludes halogenated alkanes) is 1. The average Bonchev–Trinajstić information content (AvgIpc) is 3.38. The van der Waals surface area contributed by atoms with Crippen molar-refractivity contribution >= 4 is 44.4 Å². The van der Waals surface area contributed by atoms with Gasteiger partial charge in [0, 0.05) is 5.39 Å². The molecular formula is C24H24N2O5S. The number of carbonyl (C=O) groups excluding carboxylic acids is 2. The molecule has 0 bridgehead atoms. The van der Waals surface area contributed by atoms with Gasteiger partial charge in [-0.2, -0.15) is 4.99 Å². The van der Waals surface area contributed by atoms with E-state index < -0.39 is 11.9 Å². The van der Waals surface area contributed by atoms with E-state index in [9.17, 15) is 9.59 Å². The summed E-state index contributed by atoms with van der Waals surface area (Å²) < 4.78 is 18.6. The van der Waals surface area contributed by atoms with Crippen LogP contribution in [0.4, 0.5) is 0 Å². The minimum atomic E-state index is -0.528. The molecule has 0 saturated heterocycles. The van der Waals surface area contributed by atoms with E-state index in [1.807, 2.05) is 18.2 Å². The zero-order valence-electron chi connectivity index (χ0n) is 18.2. The van der Waals surface area contributed by atoms with E-state index in [4.69, 9.17) is 13.9 Å². The minimum absolute atomic E-state index is 0.0368. The molecule has 7 nitrogen and oxygen atoms in total. The van der Waals surface area contributed by atoms with Crippen LogP contribution in [0.3, 0.4) is 0 Å². The molecule has 0 aliphatic heterocycles. The number of hydrogen-bond donors (Lipinski definition) is 0. The molecule has 1 amide bonds. The Morgan fingerprint density at radius 1 is 1.16 bits per heavy atom. The van der Waals surface area contributed by atoms with Gasteiger partial charge in [0.05, 0.1) is 24.4 Å². The highest BCUT2D eigenvalue weighted by Crippen LogP contribution is 2.29. The molecule has 2 heterocycles. The molecule has 2 aromatic heterocycles. The second-order valence-corrected chi connectivity index (χ2v) is 8.37. The molecule has 166 valence electrons. The Bertz CT molecular complexity index is 1360. The average molecular weight is 453 g/mol. The van der Waals surface area contributed by atoms with Crippen LogP contribution in [-0.2, 0) is 22.5 Å². The number of aryl methyl sites for hydroxylation is 1. The summed E-state index contributed by atoms with van der Waals surface area (Å²) in [5.74, 6) is -0.291. The Kier molecular flexibility index (Phi) is 6.41. The Balaban J connectivity index is 1.79. The van der Waals surface area contributed by atoms with Gasteiger partial charge in [0.1, 0.15) is 6.54 Å². The van der Waals surface area contributed by atoms with E-state index in [1.165, 1.54) is 24.0 Å². The minimum Gasteiger partial charge on any atom is -0.493 e. The normalized spacial score (nSPS) is 11.9.